The minimum absolute atomic E-state index is 0.334. The van der Waals surface area contributed by atoms with Crippen LogP contribution in [-0.2, 0) is 16.0 Å². The Morgan fingerprint density at radius 1 is 1.14 bits per heavy atom. The van der Waals surface area contributed by atoms with Gasteiger partial charge in [0.15, 0.2) is 0 Å². The molecule has 2 aromatic carbocycles. The van der Waals surface area contributed by atoms with Gasteiger partial charge in [-0.3, -0.25) is 4.79 Å². The Hall–Kier alpha value is -2.07. The lowest BCUT2D eigenvalue weighted by Gasteiger charge is -2.16. The second-order valence-corrected chi connectivity index (χ2v) is 4.76. The van der Waals surface area contributed by atoms with Crippen LogP contribution in [0.1, 0.15) is 19.4 Å². The maximum absolute atomic E-state index is 11.8. The number of carbonyl (C=O) groups is 1. The highest BCUT2D eigenvalue weighted by Crippen LogP contribution is 2.29. The molecule has 0 saturated carbocycles. The zero-order valence-corrected chi connectivity index (χ0v) is 12.5. The van der Waals surface area contributed by atoms with E-state index in [9.17, 15) is 4.79 Å². The number of benzene rings is 2. The van der Waals surface area contributed by atoms with Crippen LogP contribution in [0.2, 0.25) is 0 Å². The van der Waals surface area contributed by atoms with Crippen LogP contribution >= 0.6 is 0 Å². The van der Waals surface area contributed by atoms with Crippen molar-refractivity contribution >= 4 is 16.7 Å². The van der Waals surface area contributed by atoms with Crippen molar-refractivity contribution in [2.45, 2.75) is 26.3 Å². The van der Waals surface area contributed by atoms with E-state index in [0.717, 1.165) is 22.1 Å². The Morgan fingerprint density at radius 3 is 2.62 bits per heavy atom. The molecule has 4 heteroatoms. The molecule has 21 heavy (non-hydrogen) atoms. The van der Waals surface area contributed by atoms with Gasteiger partial charge in [-0.1, -0.05) is 30.3 Å². The maximum Gasteiger partial charge on any atom is 0.323 e. The fourth-order valence-electron chi connectivity index (χ4n) is 2.37. The molecule has 0 aliphatic carbocycles. The van der Waals surface area contributed by atoms with Gasteiger partial charge in [0.05, 0.1) is 13.2 Å². The number of fused-ring (bicyclic) bond motifs is 1. The minimum atomic E-state index is -0.685. The Bertz CT molecular complexity index is 624. The van der Waals surface area contributed by atoms with Crippen molar-refractivity contribution in [2.75, 3.05) is 13.2 Å². The van der Waals surface area contributed by atoms with Gasteiger partial charge in [0.2, 0.25) is 0 Å². The zero-order valence-electron chi connectivity index (χ0n) is 12.5. The average Bonchev–Trinajstić information content (AvgIpc) is 2.50. The molecule has 0 spiro atoms. The van der Waals surface area contributed by atoms with Crippen LogP contribution < -0.4 is 10.5 Å². The lowest BCUT2D eigenvalue weighted by atomic mass is 9.98. The third kappa shape index (κ3) is 3.52. The molecule has 0 bridgehead atoms. The van der Waals surface area contributed by atoms with Gasteiger partial charge in [-0.15, -0.1) is 0 Å². The highest BCUT2D eigenvalue weighted by Gasteiger charge is 2.19. The summed E-state index contributed by atoms with van der Waals surface area (Å²) in [7, 11) is 0. The summed E-state index contributed by atoms with van der Waals surface area (Å²) in [4.78, 5) is 11.8. The Balaban J connectivity index is 2.39. The van der Waals surface area contributed by atoms with E-state index >= 15 is 0 Å². The van der Waals surface area contributed by atoms with Crippen LogP contribution in [0.3, 0.4) is 0 Å². The first-order valence-electron chi connectivity index (χ1n) is 7.23. The molecular weight excluding hydrogens is 266 g/mol. The van der Waals surface area contributed by atoms with Crippen LogP contribution in [0.15, 0.2) is 36.4 Å². The molecule has 0 radical (unpaired) electrons. The minimum Gasteiger partial charge on any atom is -0.494 e. The number of rotatable bonds is 6. The van der Waals surface area contributed by atoms with E-state index in [0.29, 0.717) is 19.6 Å². The van der Waals surface area contributed by atoms with Crippen molar-refractivity contribution in [1.29, 1.82) is 0 Å². The van der Waals surface area contributed by atoms with Gasteiger partial charge in [-0.05, 0) is 30.7 Å². The quantitative estimate of drug-likeness (QED) is 0.830. The predicted molar refractivity (Wildman–Crippen MR) is 83.4 cm³/mol. The standard InChI is InChI=1S/C17H21NO3/c1-3-20-16-10-9-12-7-5-6-8-13(12)14(16)11-15(18)17(19)21-4-2/h5-10,15H,3-4,11,18H2,1-2H3. The van der Waals surface area contributed by atoms with E-state index in [1.807, 2.05) is 43.3 Å². The molecule has 0 amide bonds. The Labute approximate surface area is 124 Å². The van der Waals surface area contributed by atoms with E-state index in [1.54, 1.807) is 6.92 Å². The van der Waals surface area contributed by atoms with Crippen molar-refractivity contribution in [3.63, 3.8) is 0 Å². The largest absolute Gasteiger partial charge is 0.494 e. The van der Waals surface area contributed by atoms with Gasteiger partial charge in [0.1, 0.15) is 11.8 Å². The van der Waals surface area contributed by atoms with E-state index in [2.05, 4.69) is 0 Å². The molecule has 2 rings (SSSR count). The Kier molecular flexibility index (Phi) is 5.17. The summed E-state index contributed by atoms with van der Waals surface area (Å²) < 4.78 is 10.7. The first-order valence-corrected chi connectivity index (χ1v) is 7.23. The molecule has 112 valence electrons. The van der Waals surface area contributed by atoms with Crippen molar-refractivity contribution in [2.24, 2.45) is 5.73 Å². The van der Waals surface area contributed by atoms with Gasteiger partial charge in [-0.25, -0.2) is 0 Å². The summed E-state index contributed by atoms with van der Waals surface area (Å²) in [5, 5.41) is 2.16. The third-order valence-electron chi connectivity index (χ3n) is 3.31. The number of carbonyl (C=O) groups excluding carboxylic acids is 1. The third-order valence-corrected chi connectivity index (χ3v) is 3.31. The lowest BCUT2D eigenvalue weighted by Crippen LogP contribution is -2.34. The molecule has 2 aromatic rings. The summed E-state index contributed by atoms with van der Waals surface area (Å²) in [6.45, 7) is 4.61. The molecule has 0 heterocycles. The molecular formula is C17H21NO3. The van der Waals surface area contributed by atoms with Gasteiger partial charge in [0.25, 0.3) is 0 Å². The van der Waals surface area contributed by atoms with Gasteiger partial charge in [0, 0.05) is 12.0 Å². The zero-order chi connectivity index (χ0) is 15.2. The highest BCUT2D eigenvalue weighted by atomic mass is 16.5. The fraction of sp³-hybridized carbons (Fsp3) is 0.353. The average molecular weight is 287 g/mol. The summed E-state index contributed by atoms with van der Waals surface area (Å²) in [6, 6.07) is 11.3. The molecule has 0 aliphatic heterocycles. The van der Waals surface area contributed by atoms with Crippen LogP contribution in [0.5, 0.6) is 5.75 Å². The Morgan fingerprint density at radius 2 is 1.90 bits per heavy atom. The van der Waals surface area contributed by atoms with Crippen molar-refractivity contribution in [1.82, 2.24) is 0 Å². The van der Waals surface area contributed by atoms with Crippen LogP contribution in [0.25, 0.3) is 10.8 Å². The SMILES string of the molecule is CCOC(=O)C(N)Cc1c(OCC)ccc2ccccc12. The molecule has 0 aliphatic rings. The lowest BCUT2D eigenvalue weighted by molar-refractivity contribution is -0.144. The number of hydrogen-bond acceptors (Lipinski definition) is 4. The van der Waals surface area contributed by atoms with Gasteiger partial charge < -0.3 is 15.2 Å². The van der Waals surface area contributed by atoms with Gasteiger partial charge >= 0.3 is 5.97 Å². The number of esters is 1. The topological polar surface area (TPSA) is 61.5 Å². The van der Waals surface area contributed by atoms with Crippen LogP contribution in [0, 0.1) is 0 Å². The normalized spacial score (nSPS) is 12.1. The predicted octanol–water partition coefficient (Wildman–Crippen LogP) is 2.67. The molecule has 1 unspecified atom stereocenters. The van der Waals surface area contributed by atoms with Crippen LogP contribution in [0.4, 0.5) is 0 Å². The van der Waals surface area contributed by atoms with E-state index in [4.69, 9.17) is 15.2 Å². The number of hydrogen-bond donors (Lipinski definition) is 1. The van der Waals surface area contributed by atoms with E-state index in [1.165, 1.54) is 0 Å². The molecule has 0 saturated heterocycles. The first kappa shape index (κ1) is 15.3. The molecule has 0 aromatic heterocycles. The molecule has 2 N–H and O–H groups in total. The van der Waals surface area contributed by atoms with Crippen molar-refractivity contribution < 1.29 is 14.3 Å². The number of nitrogens with two attached hydrogens (primary N) is 1. The molecule has 0 fully saturated rings. The fourth-order valence-corrected chi connectivity index (χ4v) is 2.37. The summed E-state index contributed by atoms with van der Waals surface area (Å²) in [5.74, 6) is 0.392. The second-order valence-electron chi connectivity index (χ2n) is 4.76. The second kappa shape index (κ2) is 7.09. The van der Waals surface area contributed by atoms with Crippen LogP contribution in [-0.4, -0.2) is 25.2 Å². The van der Waals surface area contributed by atoms with Crippen molar-refractivity contribution in [3.8, 4) is 5.75 Å². The molecule has 1 atom stereocenters. The van der Waals surface area contributed by atoms with E-state index in [-0.39, 0.29) is 5.97 Å². The first-order chi connectivity index (χ1) is 10.2. The maximum atomic E-state index is 11.8. The molecule has 4 nitrogen and oxygen atoms in total. The smallest absolute Gasteiger partial charge is 0.323 e. The summed E-state index contributed by atoms with van der Waals surface area (Å²) in [5.41, 5.74) is 6.92. The van der Waals surface area contributed by atoms with Crippen molar-refractivity contribution in [3.05, 3.63) is 42.0 Å². The van der Waals surface area contributed by atoms with Gasteiger partial charge in [-0.2, -0.15) is 0 Å². The summed E-state index contributed by atoms with van der Waals surface area (Å²) in [6.07, 6.45) is 0.398. The van der Waals surface area contributed by atoms with E-state index < -0.39 is 6.04 Å². The monoisotopic (exact) mass is 287 g/mol. The highest BCUT2D eigenvalue weighted by molar-refractivity contribution is 5.88. The number of ether oxygens (including phenoxy) is 2. The summed E-state index contributed by atoms with van der Waals surface area (Å²) >= 11 is 0.